The number of nitrogens with one attached hydrogen (secondary N) is 3. The number of nitrogens with two attached hydrogens (primary N) is 1. The molecule has 146 valence electrons. The molecule has 28 heavy (non-hydrogen) atoms. The van der Waals surface area contributed by atoms with E-state index in [0.717, 1.165) is 34.6 Å². The van der Waals surface area contributed by atoms with Crippen LogP contribution in [-0.4, -0.2) is 35.0 Å². The highest BCUT2D eigenvalue weighted by molar-refractivity contribution is 7.17. The maximum absolute atomic E-state index is 11.9. The van der Waals surface area contributed by atoms with Gasteiger partial charge in [0.05, 0.1) is 27.0 Å². The van der Waals surface area contributed by atoms with Crippen molar-refractivity contribution >= 4 is 44.8 Å². The fourth-order valence-corrected chi connectivity index (χ4v) is 4.54. The minimum Gasteiger partial charge on any atom is -0.366 e. The Hall–Kier alpha value is -2.71. The molecule has 1 fully saturated rings. The number of hydrogen-bond donors (Lipinski definition) is 4. The van der Waals surface area contributed by atoms with Gasteiger partial charge in [-0.05, 0) is 44.2 Å². The van der Waals surface area contributed by atoms with Crippen molar-refractivity contribution in [3.05, 3.63) is 41.4 Å². The van der Waals surface area contributed by atoms with E-state index in [0.29, 0.717) is 23.5 Å². The molecule has 5 N–H and O–H groups in total. The molecule has 0 saturated heterocycles. The lowest BCUT2D eigenvalue weighted by molar-refractivity contribution is 0.100. The fraction of sp³-hybridized carbons (Fsp3) is 0.350. The molecule has 0 aliphatic heterocycles. The molecule has 0 bridgehead atoms. The zero-order valence-corrected chi connectivity index (χ0v) is 16.6. The lowest BCUT2D eigenvalue weighted by atomic mass is 9.90. The Morgan fingerprint density at radius 3 is 2.79 bits per heavy atom. The maximum Gasteiger partial charge on any atom is 0.252 e. The number of primary amides is 1. The van der Waals surface area contributed by atoms with Crippen LogP contribution in [0.2, 0.25) is 0 Å². The van der Waals surface area contributed by atoms with E-state index >= 15 is 0 Å². The van der Waals surface area contributed by atoms with E-state index in [-0.39, 0.29) is 0 Å². The van der Waals surface area contributed by atoms with Gasteiger partial charge in [-0.1, -0.05) is 18.9 Å². The van der Waals surface area contributed by atoms with Gasteiger partial charge < -0.3 is 21.7 Å². The standard InChI is InChI=1S/C20H24N6OS/c1-22-13-5-2-3-6-14(13)24-17-10-9-12(19(21)27)20(26-17)25-16-8-4-7-15-18(16)28-11-23-15/h4,7-11,13-14,22H,2-3,5-6H2,1H3,(H2,21,27)(H2,24,25,26). The first-order valence-electron chi connectivity index (χ1n) is 9.49. The number of rotatable bonds is 6. The van der Waals surface area contributed by atoms with E-state index in [1.54, 1.807) is 22.9 Å². The van der Waals surface area contributed by atoms with Crippen LogP contribution in [0.15, 0.2) is 35.8 Å². The normalized spacial score (nSPS) is 19.5. The van der Waals surface area contributed by atoms with Crippen molar-refractivity contribution < 1.29 is 4.79 Å². The lowest BCUT2D eigenvalue weighted by Crippen LogP contribution is -2.44. The minimum atomic E-state index is -0.510. The van der Waals surface area contributed by atoms with Gasteiger partial charge >= 0.3 is 0 Å². The van der Waals surface area contributed by atoms with Crippen molar-refractivity contribution in [2.24, 2.45) is 5.73 Å². The topological polar surface area (TPSA) is 105 Å². The molecule has 8 heteroatoms. The van der Waals surface area contributed by atoms with E-state index in [4.69, 9.17) is 5.73 Å². The monoisotopic (exact) mass is 396 g/mol. The summed E-state index contributed by atoms with van der Waals surface area (Å²) in [5.41, 5.74) is 9.51. The Bertz CT molecular complexity index is 988. The molecule has 7 nitrogen and oxygen atoms in total. The summed E-state index contributed by atoms with van der Waals surface area (Å²) in [5.74, 6) is 0.676. The maximum atomic E-state index is 11.9. The Morgan fingerprint density at radius 2 is 2.00 bits per heavy atom. The summed E-state index contributed by atoms with van der Waals surface area (Å²) in [5, 5.41) is 10.2. The van der Waals surface area contributed by atoms with Crippen molar-refractivity contribution in [1.29, 1.82) is 0 Å². The number of aromatic nitrogens is 2. The molecule has 1 aliphatic carbocycles. The van der Waals surface area contributed by atoms with Crippen molar-refractivity contribution in [3.8, 4) is 0 Å². The second kappa shape index (κ2) is 8.12. The molecule has 1 aliphatic rings. The Kier molecular flexibility index (Phi) is 5.40. The molecule has 2 atom stereocenters. The zero-order chi connectivity index (χ0) is 19.5. The number of anilines is 3. The van der Waals surface area contributed by atoms with Gasteiger partial charge in [0.15, 0.2) is 0 Å². The molecule has 0 spiro atoms. The molecule has 3 aromatic rings. The van der Waals surface area contributed by atoms with Gasteiger partial charge in [0.2, 0.25) is 0 Å². The number of pyridine rings is 1. The molecule has 2 aromatic heterocycles. The Balaban J connectivity index is 1.64. The minimum absolute atomic E-state index is 0.309. The molecule has 2 unspecified atom stereocenters. The number of likely N-dealkylation sites (N-methyl/N-ethyl adjacent to an activating group) is 1. The third-order valence-corrected chi connectivity index (χ3v) is 6.12. The molecule has 1 amide bonds. The van der Waals surface area contributed by atoms with E-state index in [2.05, 4.69) is 25.9 Å². The third-order valence-electron chi connectivity index (χ3n) is 5.24. The van der Waals surface area contributed by atoms with Gasteiger partial charge in [0.25, 0.3) is 5.91 Å². The summed E-state index contributed by atoms with van der Waals surface area (Å²) in [6, 6.07) is 10.1. The van der Waals surface area contributed by atoms with Crippen LogP contribution in [0.4, 0.5) is 17.3 Å². The zero-order valence-electron chi connectivity index (χ0n) is 15.7. The van der Waals surface area contributed by atoms with E-state index in [1.165, 1.54) is 12.8 Å². The highest BCUT2D eigenvalue weighted by Crippen LogP contribution is 2.30. The number of carbonyl (C=O) groups is 1. The van der Waals surface area contributed by atoms with Crippen LogP contribution < -0.4 is 21.7 Å². The van der Waals surface area contributed by atoms with Crippen LogP contribution in [0, 0.1) is 0 Å². The number of hydrogen-bond acceptors (Lipinski definition) is 7. The average Bonchev–Trinajstić information content (AvgIpc) is 3.18. The summed E-state index contributed by atoms with van der Waals surface area (Å²) < 4.78 is 1.01. The first kappa shape index (κ1) is 18.6. The van der Waals surface area contributed by atoms with Gasteiger partial charge in [-0.25, -0.2) is 9.97 Å². The number of fused-ring (bicyclic) bond motifs is 1. The van der Waals surface area contributed by atoms with Crippen LogP contribution >= 0.6 is 11.3 Å². The van der Waals surface area contributed by atoms with E-state index in [9.17, 15) is 4.79 Å². The third kappa shape index (κ3) is 3.79. The molecule has 2 heterocycles. The molecule has 1 saturated carbocycles. The number of nitrogens with zero attached hydrogens (tertiary/aromatic N) is 2. The summed E-state index contributed by atoms with van der Waals surface area (Å²) in [7, 11) is 2.00. The molecular formula is C20H24N6OS. The second-order valence-electron chi connectivity index (χ2n) is 7.02. The summed E-state index contributed by atoms with van der Waals surface area (Å²) >= 11 is 1.54. The van der Waals surface area contributed by atoms with Crippen LogP contribution in [-0.2, 0) is 0 Å². The second-order valence-corrected chi connectivity index (χ2v) is 7.87. The molecule has 4 rings (SSSR count). The van der Waals surface area contributed by atoms with Crippen LogP contribution in [0.3, 0.4) is 0 Å². The predicted molar refractivity (Wildman–Crippen MR) is 114 cm³/mol. The van der Waals surface area contributed by atoms with Crippen LogP contribution in [0.25, 0.3) is 10.2 Å². The van der Waals surface area contributed by atoms with Gasteiger partial charge in [-0.3, -0.25) is 4.79 Å². The van der Waals surface area contributed by atoms with Crippen molar-refractivity contribution in [2.75, 3.05) is 17.7 Å². The van der Waals surface area contributed by atoms with Crippen molar-refractivity contribution in [1.82, 2.24) is 15.3 Å². The smallest absolute Gasteiger partial charge is 0.252 e. The first-order valence-corrected chi connectivity index (χ1v) is 10.4. The summed E-state index contributed by atoms with van der Waals surface area (Å²) in [4.78, 5) is 20.9. The van der Waals surface area contributed by atoms with Gasteiger partial charge in [0.1, 0.15) is 11.6 Å². The first-order chi connectivity index (χ1) is 13.7. The molecule has 1 aromatic carbocycles. The van der Waals surface area contributed by atoms with Crippen molar-refractivity contribution in [2.45, 2.75) is 37.8 Å². The SMILES string of the molecule is CNC1CCCCC1Nc1ccc(C(N)=O)c(Nc2cccc3ncsc23)n1. The number of carbonyl (C=O) groups excluding carboxylic acids is 1. The fourth-order valence-electron chi connectivity index (χ4n) is 3.78. The lowest BCUT2D eigenvalue weighted by Gasteiger charge is -2.32. The van der Waals surface area contributed by atoms with E-state index < -0.39 is 5.91 Å². The average molecular weight is 397 g/mol. The van der Waals surface area contributed by atoms with Crippen LogP contribution in [0.1, 0.15) is 36.0 Å². The highest BCUT2D eigenvalue weighted by atomic mass is 32.1. The highest BCUT2D eigenvalue weighted by Gasteiger charge is 2.24. The predicted octanol–water partition coefficient (Wildman–Crippen LogP) is 3.48. The molecule has 0 radical (unpaired) electrons. The Labute approximate surface area is 167 Å². The quantitative estimate of drug-likeness (QED) is 0.508. The van der Waals surface area contributed by atoms with Gasteiger partial charge in [0, 0.05) is 12.1 Å². The number of amides is 1. The van der Waals surface area contributed by atoms with Gasteiger partial charge in [-0.2, -0.15) is 0 Å². The van der Waals surface area contributed by atoms with Crippen molar-refractivity contribution in [3.63, 3.8) is 0 Å². The summed E-state index contributed by atoms with van der Waals surface area (Å²) in [6.45, 7) is 0. The Morgan fingerprint density at radius 1 is 1.18 bits per heavy atom. The summed E-state index contributed by atoms with van der Waals surface area (Å²) in [6.07, 6.45) is 4.68. The van der Waals surface area contributed by atoms with Crippen LogP contribution in [0.5, 0.6) is 0 Å². The number of thiazole rings is 1. The number of benzene rings is 1. The largest absolute Gasteiger partial charge is 0.366 e. The van der Waals surface area contributed by atoms with Gasteiger partial charge in [-0.15, -0.1) is 11.3 Å². The van der Waals surface area contributed by atoms with E-state index in [1.807, 2.05) is 31.3 Å². The molecular weight excluding hydrogens is 372 g/mol.